The fourth-order valence-electron chi connectivity index (χ4n) is 2.75. The molecule has 0 aliphatic rings. The highest BCUT2D eigenvalue weighted by atomic mass is 35.5. The van der Waals surface area contributed by atoms with Crippen LogP contribution in [0.15, 0.2) is 55.0 Å². The van der Waals surface area contributed by atoms with E-state index in [2.05, 4.69) is 29.1 Å². The normalized spacial score (nSPS) is 11.7. The number of aromatic nitrogens is 2. The van der Waals surface area contributed by atoms with Crippen molar-refractivity contribution in [2.75, 3.05) is 0 Å². The van der Waals surface area contributed by atoms with Gasteiger partial charge in [0.2, 0.25) is 0 Å². The summed E-state index contributed by atoms with van der Waals surface area (Å²) in [6.45, 7) is 4.93. The second kappa shape index (κ2) is 11.0. The maximum absolute atomic E-state index is 6.60. The predicted octanol–water partition coefficient (Wildman–Crippen LogP) is 5.12. The fraction of sp³-hybridized carbons (Fsp3) is 0.263. The first kappa shape index (κ1) is 25.9. The first-order valence-corrected chi connectivity index (χ1v) is 8.29. The minimum absolute atomic E-state index is 0. The lowest BCUT2D eigenvalue weighted by Gasteiger charge is -2.34. The molecule has 0 bridgehead atoms. The van der Waals surface area contributed by atoms with Crippen LogP contribution in [0, 0.1) is 0 Å². The predicted molar refractivity (Wildman–Crippen MR) is 121 cm³/mol. The van der Waals surface area contributed by atoms with Crippen molar-refractivity contribution in [2.24, 2.45) is 5.73 Å². The lowest BCUT2D eigenvalue weighted by atomic mass is 9.87. The zero-order chi connectivity index (χ0) is 17.2. The van der Waals surface area contributed by atoms with E-state index < -0.39 is 0 Å². The van der Waals surface area contributed by atoms with Gasteiger partial charge < -0.3 is 11.1 Å². The van der Waals surface area contributed by atoms with Crippen LogP contribution in [-0.4, -0.2) is 15.5 Å². The summed E-state index contributed by atoms with van der Waals surface area (Å²) in [5, 5.41) is 5.25. The molecule has 27 heavy (non-hydrogen) atoms. The van der Waals surface area contributed by atoms with Gasteiger partial charge in [0, 0.05) is 47.1 Å². The Morgan fingerprint density at radius 2 is 1.85 bits per heavy atom. The van der Waals surface area contributed by atoms with Crippen molar-refractivity contribution >= 4 is 59.7 Å². The van der Waals surface area contributed by atoms with Gasteiger partial charge in [-0.25, -0.2) is 0 Å². The van der Waals surface area contributed by atoms with Crippen LogP contribution in [0.1, 0.15) is 31.0 Å². The van der Waals surface area contributed by atoms with E-state index in [0.29, 0.717) is 11.6 Å². The summed E-state index contributed by atoms with van der Waals surface area (Å²) < 4.78 is 0. The van der Waals surface area contributed by atoms with Gasteiger partial charge in [-0.15, -0.1) is 37.2 Å². The summed E-state index contributed by atoms with van der Waals surface area (Å²) in [4.78, 5) is 8.54. The largest absolute Gasteiger partial charge is 0.322 e. The van der Waals surface area contributed by atoms with Crippen LogP contribution in [0.2, 0.25) is 5.02 Å². The molecule has 8 heteroatoms. The molecule has 0 spiro atoms. The summed E-state index contributed by atoms with van der Waals surface area (Å²) in [7, 11) is 0. The molecular weight excluding hydrogens is 426 g/mol. The summed E-state index contributed by atoms with van der Waals surface area (Å²) in [6, 6.07) is 11.5. The molecule has 148 valence electrons. The van der Waals surface area contributed by atoms with Crippen molar-refractivity contribution < 1.29 is 0 Å². The van der Waals surface area contributed by atoms with Crippen LogP contribution in [0.25, 0.3) is 10.9 Å². The van der Waals surface area contributed by atoms with Gasteiger partial charge in [0.25, 0.3) is 0 Å². The summed E-state index contributed by atoms with van der Waals surface area (Å²) >= 11 is 6.07. The molecule has 2 heterocycles. The number of rotatable bonds is 5. The van der Waals surface area contributed by atoms with Gasteiger partial charge >= 0.3 is 0 Å². The van der Waals surface area contributed by atoms with Crippen LogP contribution in [0.4, 0.5) is 0 Å². The molecule has 4 nitrogen and oxygen atoms in total. The molecule has 0 fully saturated rings. The first-order chi connectivity index (χ1) is 11.5. The smallest absolute Gasteiger partial charge is 0.0720 e. The Balaban J connectivity index is 0.00000225. The van der Waals surface area contributed by atoms with Gasteiger partial charge in [0.1, 0.15) is 0 Å². The minimum atomic E-state index is -0.302. The van der Waals surface area contributed by atoms with Crippen molar-refractivity contribution in [2.45, 2.75) is 32.0 Å². The molecule has 3 N–H and O–H groups in total. The number of hydrogen-bond acceptors (Lipinski definition) is 4. The highest BCUT2D eigenvalue weighted by molar-refractivity contribution is 6.31. The van der Waals surface area contributed by atoms with Crippen LogP contribution in [-0.2, 0) is 6.54 Å². The Morgan fingerprint density at radius 3 is 2.52 bits per heavy atom. The zero-order valence-electron chi connectivity index (χ0n) is 15.1. The number of hydrogen-bond donors (Lipinski definition) is 2. The molecule has 0 saturated carbocycles. The molecule has 1 atom stereocenters. The number of halogens is 4. The molecule has 0 saturated heterocycles. The van der Waals surface area contributed by atoms with E-state index in [1.165, 1.54) is 0 Å². The number of nitrogens with one attached hydrogen (secondary N) is 1. The Labute approximate surface area is 183 Å². The first-order valence-electron chi connectivity index (χ1n) is 7.91. The van der Waals surface area contributed by atoms with Crippen LogP contribution >= 0.6 is 48.8 Å². The molecular formula is C19H24Cl4N4. The Kier molecular flexibility index (Phi) is 10.5. The number of nitrogens with two attached hydrogens (primary N) is 1. The Bertz CT molecular complexity index is 843. The van der Waals surface area contributed by atoms with Crippen LogP contribution < -0.4 is 11.1 Å². The van der Waals surface area contributed by atoms with Crippen molar-refractivity contribution in [3.63, 3.8) is 0 Å². The summed E-state index contributed by atoms with van der Waals surface area (Å²) in [5.41, 5.74) is 9.34. The van der Waals surface area contributed by atoms with E-state index in [1.54, 1.807) is 12.4 Å². The Morgan fingerprint density at radius 1 is 1.11 bits per heavy atom. The van der Waals surface area contributed by atoms with Gasteiger partial charge in [-0.3, -0.25) is 9.97 Å². The summed E-state index contributed by atoms with van der Waals surface area (Å²) in [5.74, 6) is 0. The minimum Gasteiger partial charge on any atom is -0.322 e. The highest BCUT2D eigenvalue weighted by Crippen LogP contribution is 2.30. The van der Waals surface area contributed by atoms with Gasteiger partial charge in [-0.05, 0) is 49.2 Å². The maximum atomic E-state index is 6.60. The molecule has 2 aromatic heterocycles. The third kappa shape index (κ3) is 6.18. The standard InChI is InChI=1S/C19H21ClN4.3ClH/c1-19(2,24-12-13-4-3-8-22-11-13)18(21)16-7-9-23-17-10-14(20)5-6-15(16)17;;;/h3-11,18,24H,12,21H2,1-2H3;3*1H. The van der Waals surface area contributed by atoms with Crippen molar-refractivity contribution in [3.05, 3.63) is 71.1 Å². The second-order valence-corrected chi connectivity index (χ2v) is 6.91. The lowest BCUT2D eigenvalue weighted by molar-refractivity contribution is 0.322. The van der Waals surface area contributed by atoms with E-state index in [0.717, 1.165) is 22.0 Å². The lowest BCUT2D eigenvalue weighted by Crippen LogP contribution is -2.48. The molecule has 3 aromatic rings. The molecule has 1 aromatic carbocycles. The van der Waals surface area contributed by atoms with Crippen LogP contribution in [0.5, 0.6) is 0 Å². The van der Waals surface area contributed by atoms with Gasteiger partial charge in [-0.1, -0.05) is 23.7 Å². The third-order valence-electron chi connectivity index (χ3n) is 4.32. The van der Waals surface area contributed by atoms with Crippen molar-refractivity contribution in [1.29, 1.82) is 0 Å². The number of fused-ring (bicyclic) bond motifs is 1. The second-order valence-electron chi connectivity index (χ2n) is 6.48. The van der Waals surface area contributed by atoms with Crippen LogP contribution in [0.3, 0.4) is 0 Å². The number of pyridine rings is 2. The topological polar surface area (TPSA) is 63.8 Å². The molecule has 1 unspecified atom stereocenters. The Hall–Kier alpha value is -1.14. The van der Waals surface area contributed by atoms with Crippen molar-refractivity contribution in [1.82, 2.24) is 15.3 Å². The van der Waals surface area contributed by atoms with E-state index in [1.807, 2.05) is 42.6 Å². The van der Waals surface area contributed by atoms with Gasteiger partial charge in [0.05, 0.1) is 5.52 Å². The highest BCUT2D eigenvalue weighted by Gasteiger charge is 2.28. The van der Waals surface area contributed by atoms with E-state index >= 15 is 0 Å². The number of benzene rings is 1. The van der Waals surface area contributed by atoms with E-state index in [-0.39, 0.29) is 48.8 Å². The quantitative estimate of drug-likeness (QED) is 0.567. The van der Waals surface area contributed by atoms with E-state index in [9.17, 15) is 0 Å². The van der Waals surface area contributed by atoms with Gasteiger partial charge in [-0.2, -0.15) is 0 Å². The molecule has 3 rings (SSSR count). The average molecular weight is 450 g/mol. The zero-order valence-corrected chi connectivity index (χ0v) is 18.3. The van der Waals surface area contributed by atoms with E-state index in [4.69, 9.17) is 17.3 Å². The van der Waals surface area contributed by atoms with Gasteiger partial charge in [0.15, 0.2) is 0 Å². The SMILES string of the molecule is CC(C)(NCc1cccnc1)C(N)c1ccnc2cc(Cl)ccc12.Cl.Cl.Cl. The molecule has 0 amide bonds. The third-order valence-corrected chi connectivity index (χ3v) is 4.56. The fourth-order valence-corrected chi connectivity index (χ4v) is 2.91. The maximum Gasteiger partial charge on any atom is 0.0720 e. The molecule has 0 radical (unpaired) electrons. The summed E-state index contributed by atoms with van der Waals surface area (Å²) in [6.07, 6.45) is 5.41. The molecule has 0 aliphatic heterocycles. The number of nitrogens with zero attached hydrogens (tertiary/aromatic N) is 2. The molecule has 0 aliphatic carbocycles. The average Bonchev–Trinajstić information content (AvgIpc) is 2.59. The van der Waals surface area contributed by atoms with Crippen molar-refractivity contribution in [3.8, 4) is 0 Å². The monoisotopic (exact) mass is 448 g/mol.